The van der Waals surface area contributed by atoms with E-state index in [4.69, 9.17) is 9.47 Å². The van der Waals surface area contributed by atoms with E-state index in [0.29, 0.717) is 6.54 Å². The van der Waals surface area contributed by atoms with Gasteiger partial charge in [-0.2, -0.15) is 0 Å². The standard InChI is InChI=1S/C20H26BrN3O2/c1-22-20(23-11-5-7-15-6-4-8-17(21)12-15)24-14-16-9-10-18(25-2)19(13-16)26-3/h4,6,8-10,12-13H,5,7,11,14H2,1-3H3,(H2,22,23,24). The van der Waals surface area contributed by atoms with Gasteiger partial charge in [0.1, 0.15) is 0 Å². The molecular weight excluding hydrogens is 394 g/mol. The molecule has 0 unspecified atom stereocenters. The molecule has 0 saturated heterocycles. The van der Waals surface area contributed by atoms with E-state index in [-0.39, 0.29) is 0 Å². The second-order valence-electron chi connectivity index (χ2n) is 5.78. The molecule has 2 N–H and O–H groups in total. The number of ether oxygens (including phenoxy) is 2. The van der Waals surface area contributed by atoms with Crippen molar-refractivity contribution < 1.29 is 9.47 Å². The molecule has 2 aromatic carbocycles. The zero-order valence-corrected chi connectivity index (χ0v) is 17.1. The van der Waals surface area contributed by atoms with Crippen LogP contribution in [0.4, 0.5) is 0 Å². The van der Waals surface area contributed by atoms with Crippen molar-refractivity contribution in [1.82, 2.24) is 10.6 Å². The number of hydrogen-bond acceptors (Lipinski definition) is 3. The molecule has 0 amide bonds. The lowest BCUT2D eigenvalue weighted by Crippen LogP contribution is -2.37. The van der Waals surface area contributed by atoms with E-state index >= 15 is 0 Å². The van der Waals surface area contributed by atoms with Crippen molar-refractivity contribution in [2.45, 2.75) is 19.4 Å². The smallest absolute Gasteiger partial charge is 0.191 e. The number of hydrogen-bond donors (Lipinski definition) is 2. The van der Waals surface area contributed by atoms with Gasteiger partial charge in [0.05, 0.1) is 14.2 Å². The fourth-order valence-electron chi connectivity index (χ4n) is 2.59. The van der Waals surface area contributed by atoms with E-state index in [1.165, 1.54) is 5.56 Å². The summed E-state index contributed by atoms with van der Waals surface area (Å²) in [6, 6.07) is 14.3. The van der Waals surface area contributed by atoms with Crippen LogP contribution in [-0.2, 0) is 13.0 Å². The van der Waals surface area contributed by atoms with Gasteiger partial charge in [0.15, 0.2) is 17.5 Å². The number of aliphatic imine (C=N–C) groups is 1. The second-order valence-corrected chi connectivity index (χ2v) is 6.69. The average Bonchev–Trinajstić information content (AvgIpc) is 2.67. The van der Waals surface area contributed by atoms with E-state index in [9.17, 15) is 0 Å². The van der Waals surface area contributed by atoms with Crippen molar-refractivity contribution in [3.8, 4) is 11.5 Å². The maximum Gasteiger partial charge on any atom is 0.191 e. The number of aryl methyl sites for hydroxylation is 1. The number of nitrogens with one attached hydrogen (secondary N) is 2. The Labute approximate surface area is 163 Å². The van der Waals surface area contributed by atoms with Gasteiger partial charge < -0.3 is 20.1 Å². The third kappa shape index (κ3) is 6.26. The number of rotatable bonds is 8. The molecular formula is C20H26BrN3O2. The molecule has 0 bridgehead atoms. The molecule has 2 rings (SSSR count). The summed E-state index contributed by atoms with van der Waals surface area (Å²) in [4.78, 5) is 4.27. The summed E-state index contributed by atoms with van der Waals surface area (Å²) < 4.78 is 11.7. The van der Waals surface area contributed by atoms with Crippen molar-refractivity contribution in [3.63, 3.8) is 0 Å². The normalized spacial score (nSPS) is 11.2. The van der Waals surface area contributed by atoms with Gasteiger partial charge in [-0.1, -0.05) is 34.1 Å². The number of methoxy groups -OCH3 is 2. The minimum absolute atomic E-state index is 0.658. The second kappa shape index (κ2) is 10.7. The summed E-state index contributed by atoms with van der Waals surface area (Å²) in [5, 5.41) is 6.66. The van der Waals surface area contributed by atoms with Gasteiger partial charge in [-0.3, -0.25) is 4.99 Å². The molecule has 140 valence electrons. The van der Waals surface area contributed by atoms with Gasteiger partial charge in [0.2, 0.25) is 0 Å². The van der Waals surface area contributed by atoms with E-state index in [2.05, 4.69) is 49.8 Å². The van der Waals surface area contributed by atoms with Crippen LogP contribution in [0.1, 0.15) is 17.5 Å². The van der Waals surface area contributed by atoms with Gasteiger partial charge >= 0.3 is 0 Å². The van der Waals surface area contributed by atoms with Crippen molar-refractivity contribution in [3.05, 3.63) is 58.1 Å². The minimum atomic E-state index is 0.658. The maximum atomic E-state index is 5.34. The first-order chi connectivity index (χ1) is 12.7. The Balaban J connectivity index is 1.77. The minimum Gasteiger partial charge on any atom is -0.493 e. The van der Waals surface area contributed by atoms with E-state index in [1.54, 1.807) is 21.3 Å². The molecule has 0 fully saturated rings. The molecule has 2 aromatic rings. The Morgan fingerprint density at radius 1 is 1.00 bits per heavy atom. The molecule has 0 aliphatic heterocycles. The van der Waals surface area contributed by atoms with Crippen molar-refractivity contribution in [2.75, 3.05) is 27.8 Å². The van der Waals surface area contributed by atoms with E-state index in [1.807, 2.05) is 24.3 Å². The van der Waals surface area contributed by atoms with Crippen LogP contribution in [0.5, 0.6) is 11.5 Å². The molecule has 0 radical (unpaired) electrons. The molecule has 6 heteroatoms. The molecule has 0 heterocycles. The third-order valence-corrected chi connectivity index (χ3v) is 4.45. The lowest BCUT2D eigenvalue weighted by atomic mass is 10.1. The molecule has 26 heavy (non-hydrogen) atoms. The van der Waals surface area contributed by atoms with Crippen LogP contribution in [0, 0.1) is 0 Å². The molecule has 0 aromatic heterocycles. The molecule has 0 saturated carbocycles. The van der Waals surface area contributed by atoms with Crippen LogP contribution in [0.2, 0.25) is 0 Å². The Hall–Kier alpha value is -2.21. The summed E-state index contributed by atoms with van der Waals surface area (Å²) in [6.45, 7) is 1.52. The van der Waals surface area contributed by atoms with Crippen molar-refractivity contribution in [1.29, 1.82) is 0 Å². The summed E-state index contributed by atoms with van der Waals surface area (Å²) in [5.74, 6) is 2.24. The molecule has 0 aliphatic rings. The largest absolute Gasteiger partial charge is 0.493 e. The summed E-state index contributed by atoms with van der Waals surface area (Å²) in [5.41, 5.74) is 2.43. The SMILES string of the molecule is CN=C(NCCCc1cccc(Br)c1)NCc1ccc(OC)c(OC)c1. The topological polar surface area (TPSA) is 54.9 Å². The van der Waals surface area contributed by atoms with Crippen LogP contribution in [-0.4, -0.2) is 33.8 Å². The highest BCUT2D eigenvalue weighted by Gasteiger charge is 2.05. The number of guanidine groups is 1. The number of benzene rings is 2. The Morgan fingerprint density at radius 3 is 2.50 bits per heavy atom. The van der Waals surface area contributed by atoms with Gasteiger partial charge in [-0.05, 0) is 48.2 Å². The highest BCUT2D eigenvalue weighted by molar-refractivity contribution is 9.10. The van der Waals surface area contributed by atoms with E-state index < -0.39 is 0 Å². The summed E-state index contributed by atoms with van der Waals surface area (Å²) in [7, 11) is 5.05. The zero-order valence-electron chi connectivity index (χ0n) is 15.5. The molecule has 0 atom stereocenters. The fraction of sp³-hybridized carbons (Fsp3) is 0.350. The first-order valence-electron chi connectivity index (χ1n) is 8.56. The van der Waals surface area contributed by atoms with Crippen molar-refractivity contribution in [2.24, 2.45) is 4.99 Å². The molecule has 0 aliphatic carbocycles. The predicted molar refractivity (Wildman–Crippen MR) is 110 cm³/mol. The molecule has 5 nitrogen and oxygen atoms in total. The number of halogens is 1. The monoisotopic (exact) mass is 419 g/mol. The zero-order chi connectivity index (χ0) is 18.8. The van der Waals surface area contributed by atoms with E-state index in [0.717, 1.165) is 46.9 Å². The summed E-state index contributed by atoms with van der Waals surface area (Å²) in [6.07, 6.45) is 2.06. The average molecular weight is 420 g/mol. The van der Waals surface area contributed by atoms with Gasteiger partial charge in [-0.25, -0.2) is 0 Å². The van der Waals surface area contributed by atoms with Crippen molar-refractivity contribution >= 4 is 21.9 Å². The van der Waals surface area contributed by atoms with Gasteiger partial charge in [-0.15, -0.1) is 0 Å². The van der Waals surface area contributed by atoms with Gasteiger partial charge in [0, 0.05) is 24.6 Å². The Kier molecular flexibility index (Phi) is 8.28. The highest BCUT2D eigenvalue weighted by Crippen LogP contribution is 2.27. The Morgan fingerprint density at radius 2 is 1.81 bits per heavy atom. The van der Waals surface area contributed by atoms with Crippen LogP contribution in [0.3, 0.4) is 0 Å². The van der Waals surface area contributed by atoms with Crippen LogP contribution in [0.25, 0.3) is 0 Å². The quantitative estimate of drug-likeness (QED) is 0.388. The van der Waals surface area contributed by atoms with Crippen LogP contribution < -0.4 is 20.1 Å². The van der Waals surface area contributed by atoms with Crippen LogP contribution in [0.15, 0.2) is 51.9 Å². The predicted octanol–water partition coefficient (Wildman–Crippen LogP) is 3.76. The van der Waals surface area contributed by atoms with Gasteiger partial charge in [0.25, 0.3) is 0 Å². The molecule has 0 spiro atoms. The number of nitrogens with zero attached hydrogens (tertiary/aromatic N) is 1. The van der Waals surface area contributed by atoms with Crippen LogP contribution >= 0.6 is 15.9 Å². The summed E-state index contributed by atoms with van der Waals surface area (Å²) >= 11 is 3.51. The maximum absolute atomic E-state index is 5.34. The Bertz CT molecular complexity index is 735. The first kappa shape index (κ1) is 20.1. The third-order valence-electron chi connectivity index (χ3n) is 3.96. The lowest BCUT2D eigenvalue weighted by molar-refractivity contribution is 0.354. The lowest BCUT2D eigenvalue weighted by Gasteiger charge is -2.13. The fourth-order valence-corrected chi connectivity index (χ4v) is 3.04. The first-order valence-corrected chi connectivity index (χ1v) is 9.35. The highest BCUT2D eigenvalue weighted by atomic mass is 79.9.